The number of rotatable bonds is 5. The zero-order chi connectivity index (χ0) is 11.6. The van der Waals surface area contributed by atoms with Gasteiger partial charge < -0.3 is 5.32 Å². The number of thiol groups is 1. The fourth-order valence-electron chi connectivity index (χ4n) is 1.73. The van der Waals surface area contributed by atoms with E-state index in [4.69, 9.17) is 0 Å². The van der Waals surface area contributed by atoms with Gasteiger partial charge in [0, 0.05) is 11.3 Å². The standard InChI is InChI=1S/C12H17NOS2/c1-9-2-5-16-10(9)7-13-11(14)6-12(8-15)3-4-12/h2,5,15H,3-4,6-8H2,1H3,(H,13,14). The molecule has 0 aliphatic heterocycles. The molecule has 88 valence electrons. The van der Waals surface area contributed by atoms with Gasteiger partial charge in [0.1, 0.15) is 0 Å². The Balaban J connectivity index is 1.78. The Morgan fingerprint density at radius 2 is 2.38 bits per heavy atom. The minimum atomic E-state index is 0.166. The number of carbonyl (C=O) groups is 1. The molecule has 0 spiro atoms. The highest BCUT2D eigenvalue weighted by atomic mass is 32.1. The first-order chi connectivity index (χ1) is 7.65. The molecule has 0 saturated heterocycles. The Bertz CT molecular complexity index is 382. The van der Waals surface area contributed by atoms with E-state index < -0.39 is 0 Å². The Morgan fingerprint density at radius 3 is 2.88 bits per heavy atom. The van der Waals surface area contributed by atoms with Crippen molar-refractivity contribution in [1.82, 2.24) is 5.32 Å². The van der Waals surface area contributed by atoms with Gasteiger partial charge in [-0.15, -0.1) is 11.3 Å². The Morgan fingerprint density at radius 1 is 1.62 bits per heavy atom. The highest BCUT2D eigenvalue weighted by Gasteiger charge is 2.42. The van der Waals surface area contributed by atoms with Crippen LogP contribution in [-0.2, 0) is 11.3 Å². The second kappa shape index (κ2) is 4.80. The van der Waals surface area contributed by atoms with E-state index in [1.165, 1.54) is 10.4 Å². The molecule has 1 fully saturated rings. The Kier molecular flexibility index (Phi) is 3.60. The molecule has 0 unspecified atom stereocenters. The van der Waals surface area contributed by atoms with E-state index in [2.05, 4.69) is 36.3 Å². The maximum absolute atomic E-state index is 11.7. The predicted molar refractivity (Wildman–Crippen MR) is 71.0 cm³/mol. The Hall–Kier alpha value is -0.480. The van der Waals surface area contributed by atoms with Crippen LogP contribution in [0.15, 0.2) is 11.4 Å². The van der Waals surface area contributed by atoms with Gasteiger partial charge in [0.15, 0.2) is 0 Å². The van der Waals surface area contributed by atoms with E-state index in [0.717, 1.165) is 18.6 Å². The fourth-order valence-corrected chi connectivity index (χ4v) is 3.01. The molecule has 1 aliphatic rings. The lowest BCUT2D eigenvalue weighted by atomic mass is 10.1. The van der Waals surface area contributed by atoms with Gasteiger partial charge in [0.05, 0.1) is 6.54 Å². The van der Waals surface area contributed by atoms with Crippen LogP contribution in [0.25, 0.3) is 0 Å². The maximum atomic E-state index is 11.7. The van der Waals surface area contributed by atoms with Crippen molar-refractivity contribution in [3.63, 3.8) is 0 Å². The summed E-state index contributed by atoms with van der Waals surface area (Å²) in [5, 5.41) is 5.06. The number of hydrogen-bond acceptors (Lipinski definition) is 3. The summed E-state index contributed by atoms with van der Waals surface area (Å²) in [5.74, 6) is 0.998. The molecule has 0 bridgehead atoms. The largest absolute Gasteiger partial charge is 0.351 e. The van der Waals surface area contributed by atoms with Crippen molar-refractivity contribution in [2.24, 2.45) is 5.41 Å². The second-order valence-corrected chi connectivity index (χ2v) is 5.96. The molecule has 1 aromatic rings. The zero-order valence-corrected chi connectivity index (χ0v) is 11.2. The van der Waals surface area contributed by atoms with Crippen molar-refractivity contribution in [1.29, 1.82) is 0 Å². The van der Waals surface area contributed by atoms with Crippen LogP contribution in [0.4, 0.5) is 0 Å². The molecule has 1 aliphatic carbocycles. The molecular weight excluding hydrogens is 238 g/mol. The number of carbonyl (C=O) groups excluding carboxylic acids is 1. The molecule has 0 aromatic carbocycles. The summed E-state index contributed by atoms with van der Waals surface area (Å²) in [5.41, 5.74) is 1.48. The topological polar surface area (TPSA) is 29.1 Å². The average molecular weight is 255 g/mol. The summed E-state index contributed by atoms with van der Waals surface area (Å²) in [6.45, 7) is 2.75. The monoisotopic (exact) mass is 255 g/mol. The van der Waals surface area contributed by atoms with Crippen molar-refractivity contribution >= 4 is 29.9 Å². The van der Waals surface area contributed by atoms with Gasteiger partial charge in [-0.1, -0.05) is 0 Å². The molecule has 4 heteroatoms. The Labute approximate surface area is 106 Å². The van der Waals surface area contributed by atoms with Crippen molar-refractivity contribution < 1.29 is 4.79 Å². The molecule has 1 amide bonds. The van der Waals surface area contributed by atoms with E-state index in [1.54, 1.807) is 11.3 Å². The highest BCUT2D eigenvalue weighted by Crippen LogP contribution is 2.49. The summed E-state index contributed by atoms with van der Waals surface area (Å²) < 4.78 is 0. The molecule has 16 heavy (non-hydrogen) atoms. The molecule has 1 N–H and O–H groups in total. The summed E-state index contributed by atoms with van der Waals surface area (Å²) in [4.78, 5) is 13.0. The average Bonchev–Trinajstić information content (AvgIpc) is 2.92. The lowest BCUT2D eigenvalue weighted by Crippen LogP contribution is -2.26. The van der Waals surface area contributed by atoms with Crippen LogP contribution in [0, 0.1) is 12.3 Å². The zero-order valence-electron chi connectivity index (χ0n) is 9.45. The SMILES string of the molecule is Cc1ccsc1CNC(=O)CC1(CS)CC1. The summed E-state index contributed by atoms with van der Waals surface area (Å²) >= 11 is 6.01. The lowest BCUT2D eigenvalue weighted by molar-refractivity contribution is -0.122. The van der Waals surface area contributed by atoms with Gasteiger partial charge in [-0.3, -0.25) is 4.79 Å². The van der Waals surface area contributed by atoms with Gasteiger partial charge in [0.25, 0.3) is 0 Å². The number of thiophene rings is 1. The third-order valence-corrected chi connectivity index (χ3v) is 4.94. The van der Waals surface area contributed by atoms with Crippen molar-refractivity contribution in [3.05, 3.63) is 21.9 Å². The van der Waals surface area contributed by atoms with E-state index in [1.807, 2.05) is 0 Å². The third kappa shape index (κ3) is 2.80. The number of amides is 1. The molecule has 0 radical (unpaired) electrons. The smallest absolute Gasteiger partial charge is 0.220 e. The maximum Gasteiger partial charge on any atom is 0.220 e. The summed E-state index contributed by atoms with van der Waals surface area (Å²) in [6.07, 6.45) is 2.95. The molecule has 2 nitrogen and oxygen atoms in total. The molecule has 1 saturated carbocycles. The predicted octanol–water partition coefficient (Wildman–Crippen LogP) is 2.77. The van der Waals surface area contributed by atoms with E-state index in [0.29, 0.717) is 13.0 Å². The molecule has 1 heterocycles. The van der Waals surface area contributed by atoms with Gasteiger partial charge in [0.2, 0.25) is 5.91 Å². The van der Waals surface area contributed by atoms with Crippen LogP contribution >= 0.6 is 24.0 Å². The summed E-state index contributed by atoms with van der Waals surface area (Å²) in [6, 6.07) is 2.09. The normalized spacial score (nSPS) is 17.1. The van der Waals surface area contributed by atoms with E-state index in [9.17, 15) is 4.79 Å². The van der Waals surface area contributed by atoms with E-state index in [-0.39, 0.29) is 11.3 Å². The van der Waals surface area contributed by atoms with Crippen LogP contribution < -0.4 is 5.32 Å². The first kappa shape index (κ1) is 12.0. The molecule has 1 aromatic heterocycles. The van der Waals surface area contributed by atoms with Gasteiger partial charge in [-0.25, -0.2) is 0 Å². The van der Waals surface area contributed by atoms with Crippen molar-refractivity contribution in [2.75, 3.05) is 5.75 Å². The van der Waals surface area contributed by atoms with Gasteiger partial charge in [-0.2, -0.15) is 12.6 Å². The van der Waals surface area contributed by atoms with Crippen LogP contribution in [0.3, 0.4) is 0 Å². The summed E-state index contributed by atoms with van der Waals surface area (Å²) in [7, 11) is 0. The van der Waals surface area contributed by atoms with Crippen molar-refractivity contribution in [3.8, 4) is 0 Å². The van der Waals surface area contributed by atoms with Gasteiger partial charge >= 0.3 is 0 Å². The number of nitrogens with one attached hydrogen (secondary N) is 1. The third-order valence-electron chi connectivity index (χ3n) is 3.24. The van der Waals surface area contributed by atoms with Crippen molar-refractivity contribution in [2.45, 2.75) is 32.7 Å². The lowest BCUT2D eigenvalue weighted by Gasteiger charge is -2.11. The van der Waals surface area contributed by atoms with Crippen LogP contribution in [0.5, 0.6) is 0 Å². The minimum absolute atomic E-state index is 0.166. The van der Waals surface area contributed by atoms with Crippen LogP contribution in [0.1, 0.15) is 29.7 Å². The second-order valence-electron chi connectivity index (χ2n) is 4.64. The minimum Gasteiger partial charge on any atom is -0.351 e. The number of aryl methyl sites for hydroxylation is 1. The first-order valence-electron chi connectivity index (χ1n) is 5.56. The van der Waals surface area contributed by atoms with Crippen LogP contribution in [-0.4, -0.2) is 11.7 Å². The first-order valence-corrected chi connectivity index (χ1v) is 7.07. The highest BCUT2D eigenvalue weighted by molar-refractivity contribution is 7.80. The fraction of sp³-hybridized carbons (Fsp3) is 0.583. The van der Waals surface area contributed by atoms with E-state index >= 15 is 0 Å². The van der Waals surface area contributed by atoms with Gasteiger partial charge in [-0.05, 0) is 47.9 Å². The molecule has 2 rings (SSSR count). The quantitative estimate of drug-likeness (QED) is 0.778. The molecule has 0 atom stereocenters. The molecular formula is C12H17NOS2. The van der Waals surface area contributed by atoms with Crippen LogP contribution in [0.2, 0.25) is 0 Å². The number of hydrogen-bond donors (Lipinski definition) is 2.